The molecule has 0 aromatic heterocycles. The molecule has 1 unspecified atom stereocenters. The number of nitrogens with two attached hydrogens (primary N) is 1. The van der Waals surface area contributed by atoms with Crippen molar-refractivity contribution < 1.29 is 13.5 Å². The first-order valence-electron chi connectivity index (χ1n) is 6.02. The van der Waals surface area contributed by atoms with Crippen LogP contribution in [0.5, 0.6) is 0 Å². The maximum Gasteiger partial charge on any atom is 0.188 e. The van der Waals surface area contributed by atoms with Gasteiger partial charge in [0.05, 0.1) is 6.61 Å². The van der Waals surface area contributed by atoms with E-state index in [1.165, 1.54) is 6.07 Å². The van der Waals surface area contributed by atoms with E-state index >= 15 is 0 Å². The van der Waals surface area contributed by atoms with Crippen molar-refractivity contribution in [2.75, 3.05) is 20.3 Å². The molecule has 1 atom stereocenters. The van der Waals surface area contributed by atoms with Crippen LogP contribution < -0.4 is 11.1 Å². The Kier molecular flexibility index (Phi) is 9.39. The maximum absolute atomic E-state index is 13.3. The quantitative estimate of drug-likeness (QED) is 0.438. The largest absolute Gasteiger partial charge is 0.383 e. The second kappa shape index (κ2) is 9.87. The molecule has 0 aliphatic carbocycles. The molecular formula is C13H20F2IN3O. The first-order valence-corrected chi connectivity index (χ1v) is 6.02. The summed E-state index contributed by atoms with van der Waals surface area (Å²) in [5.74, 6) is -0.627. The number of halogens is 3. The lowest BCUT2D eigenvalue weighted by atomic mass is 10.1. The molecule has 1 rings (SSSR count). The molecule has 0 bridgehead atoms. The van der Waals surface area contributed by atoms with E-state index in [9.17, 15) is 8.78 Å². The second-order valence-electron chi connectivity index (χ2n) is 4.25. The Morgan fingerprint density at radius 2 is 2.15 bits per heavy atom. The van der Waals surface area contributed by atoms with Crippen molar-refractivity contribution in [3.8, 4) is 0 Å². The van der Waals surface area contributed by atoms with Gasteiger partial charge in [-0.05, 0) is 37.1 Å². The number of nitrogens with zero attached hydrogens (tertiary/aromatic N) is 1. The molecule has 0 radical (unpaired) electrons. The van der Waals surface area contributed by atoms with Crippen molar-refractivity contribution >= 4 is 29.9 Å². The topological polar surface area (TPSA) is 59.6 Å². The zero-order chi connectivity index (χ0) is 14.3. The first kappa shape index (κ1) is 19.0. The van der Waals surface area contributed by atoms with Gasteiger partial charge in [0.2, 0.25) is 0 Å². The van der Waals surface area contributed by atoms with Crippen molar-refractivity contribution in [2.24, 2.45) is 10.7 Å². The van der Waals surface area contributed by atoms with Crippen LogP contribution in [0.3, 0.4) is 0 Å². The minimum atomic E-state index is -0.458. The van der Waals surface area contributed by atoms with E-state index in [4.69, 9.17) is 10.5 Å². The van der Waals surface area contributed by atoms with E-state index in [1.54, 1.807) is 7.11 Å². The van der Waals surface area contributed by atoms with Crippen LogP contribution in [-0.2, 0) is 11.2 Å². The van der Waals surface area contributed by atoms with Crippen molar-refractivity contribution in [1.82, 2.24) is 5.32 Å². The highest BCUT2D eigenvalue weighted by Crippen LogP contribution is 2.10. The van der Waals surface area contributed by atoms with Gasteiger partial charge in [0.25, 0.3) is 0 Å². The van der Waals surface area contributed by atoms with Crippen molar-refractivity contribution in [3.05, 3.63) is 35.4 Å². The van der Waals surface area contributed by atoms with Gasteiger partial charge in [-0.25, -0.2) is 8.78 Å². The molecule has 0 aliphatic rings. The van der Waals surface area contributed by atoms with Crippen molar-refractivity contribution in [1.29, 1.82) is 0 Å². The molecule has 0 fully saturated rings. The van der Waals surface area contributed by atoms with Gasteiger partial charge in [-0.2, -0.15) is 0 Å². The number of rotatable bonds is 6. The monoisotopic (exact) mass is 399 g/mol. The lowest BCUT2D eigenvalue weighted by Gasteiger charge is -2.13. The van der Waals surface area contributed by atoms with Crippen LogP contribution in [0.1, 0.15) is 12.5 Å². The molecule has 0 heterocycles. The van der Waals surface area contributed by atoms with Gasteiger partial charge >= 0.3 is 0 Å². The molecule has 0 amide bonds. The lowest BCUT2D eigenvalue weighted by molar-refractivity contribution is 0.179. The third kappa shape index (κ3) is 6.99. The normalized spacial score (nSPS) is 12.7. The van der Waals surface area contributed by atoms with Crippen LogP contribution >= 0.6 is 24.0 Å². The number of aliphatic imine (C=N–C) groups is 1. The van der Waals surface area contributed by atoms with Gasteiger partial charge in [-0.1, -0.05) is 0 Å². The first-order chi connectivity index (χ1) is 9.02. The Bertz CT molecular complexity index is 444. The van der Waals surface area contributed by atoms with Gasteiger partial charge < -0.3 is 15.8 Å². The summed E-state index contributed by atoms with van der Waals surface area (Å²) in [4.78, 5) is 4.05. The van der Waals surface area contributed by atoms with Crippen LogP contribution in [-0.4, -0.2) is 32.3 Å². The molecule has 0 saturated heterocycles. The van der Waals surface area contributed by atoms with E-state index in [2.05, 4.69) is 10.3 Å². The number of hydrogen-bond acceptors (Lipinski definition) is 2. The van der Waals surface area contributed by atoms with Gasteiger partial charge in [0.15, 0.2) is 5.96 Å². The molecule has 0 saturated carbocycles. The summed E-state index contributed by atoms with van der Waals surface area (Å²) < 4.78 is 31.2. The molecule has 7 heteroatoms. The van der Waals surface area contributed by atoms with E-state index < -0.39 is 11.6 Å². The SMILES string of the molecule is COCC(C)NC(N)=NCCc1cc(F)ccc1F.I. The van der Waals surface area contributed by atoms with Crippen LogP contribution in [0.4, 0.5) is 8.78 Å². The summed E-state index contributed by atoms with van der Waals surface area (Å²) in [6.07, 6.45) is 0.296. The van der Waals surface area contributed by atoms with E-state index in [0.717, 1.165) is 12.1 Å². The van der Waals surface area contributed by atoms with Gasteiger partial charge in [0, 0.05) is 19.7 Å². The van der Waals surface area contributed by atoms with Gasteiger partial charge in [0.1, 0.15) is 11.6 Å². The van der Waals surface area contributed by atoms with Gasteiger partial charge in [-0.3, -0.25) is 4.99 Å². The summed E-state index contributed by atoms with van der Waals surface area (Å²) in [6, 6.07) is 3.41. The second-order valence-corrected chi connectivity index (χ2v) is 4.25. The molecule has 3 N–H and O–H groups in total. The standard InChI is InChI=1S/C13H19F2N3O.HI/c1-9(8-19-2)18-13(16)17-6-5-10-7-11(14)3-4-12(10)15;/h3-4,7,9H,5-6,8H2,1-2H3,(H3,16,17,18);1H. The highest BCUT2D eigenvalue weighted by molar-refractivity contribution is 14.0. The maximum atomic E-state index is 13.3. The van der Waals surface area contributed by atoms with Crippen LogP contribution in [0.25, 0.3) is 0 Å². The Labute approximate surface area is 134 Å². The molecule has 0 spiro atoms. The minimum Gasteiger partial charge on any atom is -0.383 e. The highest BCUT2D eigenvalue weighted by Gasteiger charge is 2.04. The molecular weight excluding hydrogens is 379 g/mol. The van der Waals surface area contributed by atoms with E-state index in [0.29, 0.717) is 25.1 Å². The molecule has 4 nitrogen and oxygen atoms in total. The number of guanidine groups is 1. The van der Waals surface area contributed by atoms with Crippen LogP contribution in [0, 0.1) is 11.6 Å². The third-order valence-electron chi connectivity index (χ3n) is 2.48. The average molecular weight is 399 g/mol. The fraction of sp³-hybridized carbons (Fsp3) is 0.462. The number of hydrogen-bond donors (Lipinski definition) is 2. The Morgan fingerprint density at radius 3 is 2.80 bits per heavy atom. The number of benzene rings is 1. The molecule has 0 aliphatic heterocycles. The Morgan fingerprint density at radius 1 is 1.45 bits per heavy atom. The lowest BCUT2D eigenvalue weighted by Crippen LogP contribution is -2.40. The Balaban J connectivity index is 0.00000361. The highest BCUT2D eigenvalue weighted by atomic mass is 127. The van der Waals surface area contributed by atoms with E-state index in [-0.39, 0.29) is 36.0 Å². The Hall–Kier alpha value is -0.960. The summed E-state index contributed by atoms with van der Waals surface area (Å²) in [5.41, 5.74) is 5.95. The fourth-order valence-corrected chi connectivity index (χ4v) is 1.62. The predicted molar refractivity (Wildman–Crippen MR) is 86.4 cm³/mol. The van der Waals surface area contributed by atoms with E-state index in [1.807, 2.05) is 6.92 Å². The third-order valence-corrected chi connectivity index (χ3v) is 2.48. The number of methoxy groups -OCH3 is 1. The van der Waals surface area contributed by atoms with Crippen molar-refractivity contribution in [3.63, 3.8) is 0 Å². The molecule has 1 aromatic rings. The summed E-state index contributed by atoms with van der Waals surface area (Å²) in [6.45, 7) is 2.70. The molecule has 20 heavy (non-hydrogen) atoms. The van der Waals surface area contributed by atoms with Crippen LogP contribution in [0.2, 0.25) is 0 Å². The predicted octanol–water partition coefficient (Wildman–Crippen LogP) is 2.06. The molecule has 114 valence electrons. The summed E-state index contributed by atoms with van der Waals surface area (Å²) in [7, 11) is 1.60. The van der Waals surface area contributed by atoms with Crippen molar-refractivity contribution in [2.45, 2.75) is 19.4 Å². The zero-order valence-corrected chi connectivity index (χ0v) is 13.9. The minimum absolute atomic E-state index is 0. The summed E-state index contributed by atoms with van der Waals surface area (Å²) in [5, 5.41) is 2.93. The molecule has 1 aromatic carbocycles. The fourth-order valence-electron chi connectivity index (χ4n) is 1.62. The van der Waals surface area contributed by atoms with Crippen LogP contribution in [0.15, 0.2) is 23.2 Å². The summed E-state index contributed by atoms with van der Waals surface area (Å²) >= 11 is 0. The average Bonchev–Trinajstić information content (AvgIpc) is 2.33. The van der Waals surface area contributed by atoms with Gasteiger partial charge in [-0.15, -0.1) is 24.0 Å². The number of nitrogens with one attached hydrogen (secondary N) is 1. The zero-order valence-electron chi connectivity index (χ0n) is 11.5. The number of ether oxygens (including phenoxy) is 1. The smallest absolute Gasteiger partial charge is 0.188 e.